The Balaban J connectivity index is 2.41. The zero-order valence-corrected chi connectivity index (χ0v) is 14.3. The van der Waals surface area contributed by atoms with Crippen molar-refractivity contribution in [2.45, 2.75) is 37.3 Å². The van der Waals surface area contributed by atoms with Crippen LogP contribution in [-0.2, 0) is 33.3 Å². The van der Waals surface area contributed by atoms with Crippen LogP contribution in [0.1, 0.15) is 6.92 Å². The smallest absolute Gasteiger partial charge is 0.478 e. The molecule has 0 aromatic heterocycles. The minimum atomic E-state index is -1.03. The number of esters is 1. The van der Waals surface area contributed by atoms with E-state index < -0.39 is 48.4 Å². The molecule has 142 valence electrons. The zero-order chi connectivity index (χ0) is 19.3. The van der Waals surface area contributed by atoms with E-state index in [4.69, 9.17) is 24.5 Å². The molecule has 0 aromatic rings. The monoisotopic (exact) mass is 370 g/mol. The molecule has 1 amide bonds. The van der Waals surface area contributed by atoms with Gasteiger partial charge in [0.05, 0.1) is 19.2 Å². The van der Waals surface area contributed by atoms with Crippen molar-refractivity contribution < 1.29 is 38.1 Å². The second-order valence-corrected chi connectivity index (χ2v) is 5.44. The average molecular weight is 370 g/mol. The SMILES string of the molecule is COC(=O)C1=CC(N=[N+]=[N-])C(NC(C)=O)C(C(OC)C2COC(=O)O2)O1. The summed E-state index contributed by atoms with van der Waals surface area (Å²) in [6.45, 7) is 1.16. The average Bonchev–Trinajstić information content (AvgIpc) is 3.03. The fraction of sp³-hybridized carbons (Fsp3) is 0.643. The van der Waals surface area contributed by atoms with E-state index >= 15 is 0 Å². The Morgan fingerprint density at radius 3 is 2.65 bits per heavy atom. The molecule has 26 heavy (non-hydrogen) atoms. The highest BCUT2D eigenvalue weighted by Gasteiger charge is 2.47. The predicted octanol–water partition coefficient (Wildman–Crippen LogP) is 0.176. The van der Waals surface area contributed by atoms with Crippen molar-refractivity contribution in [1.82, 2.24) is 5.32 Å². The van der Waals surface area contributed by atoms with Crippen LogP contribution in [0.25, 0.3) is 10.4 Å². The van der Waals surface area contributed by atoms with Crippen molar-refractivity contribution in [2.24, 2.45) is 5.11 Å². The first-order valence-corrected chi connectivity index (χ1v) is 7.55. The van der Waals surface area contributed by atoms with Gasteiger partial charge in [0.2, 0.25) is 11.7 Å². The normalized spacial score (nSPS) is 28.4. The van der Waals surface area contributed by atoms with E-state index in [0.29, 0.717) is 0 Å². The first kappa shape index (κ1) is 19.3. The fourth-order valence-corrected chi connectivity index (χ4v) is 2.77. The molecule has 0 aliphatic carbocycles. The van der Waals surface area contributed by atoms with Crippen molar-refractivity contribution in [3.63, 3.8) is 0 Å². The van der Waals surface area contributed by atoms with Crippen molar-refractivity contribution >= 4 is 18.0 Å². The topological polar surface area (TPSA) is 158 Å². The summed E-state index contributed by atoms with van der Waals surface area (Å²) in [5, 5.41) is 6.21. The third-order valence-electron chi connectivity index (χ3n) is 3.82. The summed E-state index contributed by atoms with van der Waals surface area (Å²) in [6.07, 6.45) is -2.44. The van der Waals surface area contributed by atoms with E-state index in [1.165, 1.54) is 20.1 Å². The Kier molecular flexibility index (Phi) is 6.26. The number of azide groups is 1. The number of amides is 1. The molecule has 5 unspecified atom stereocenters. The molecule has 1 N–H and O–H groups in total. The molecular weight excluding hydrogens is 352 g/mol. The molecule has 1 saturated heterocycles. The van der Waals surface area contributed by atoms with Crippen LogP contribution in [0.3, 0.4) is 0 Å². The van der Waals surface area contributed by atoms with Gasteiger partial charge in [0, 0.05) is 18.9 Å². The van der Waals surface area contributed by atoms with Crippen LogP contribution in [0.4, 0.5) is 4.79 Å². The second kappa shape index (κ2) is 8.41. The maximum absolute atomic E-state index is 11.9. The summed E-state index contributed by atoms with van der Waals surface area (Å²) in [4.78, 5) is 37.5. The van der Waals surface area contributed by atoms with E-state index in [2.05, 4.69) is 20.1 Å². The summed E-state index contributed by atoms with van der Waals surface area (Å²) < 4.78 is 25.4. The molecule has 0 spiro atoms. The summed E-state index contributed by atoms with van der Waals surface area (Å²) in [5.41, 5.74) is 8.82. The standard InChI is InChI=1S/C14H18N4O8/c1-6(19)16-10-7(17-18-15)4-8(13(20)23-3)25-12(10)11(22-2)9-5-24-14(21)26-9/h4,7,9-12H,5H2,1-3H3,(H,16,19). The Labute approximate surface area is 148 Å². The van der Waals surface area contributed by atoms with Gasteiger partial charge in [-0.2, -0.15) is 0 Å². The molecule has 2 heterocycles. The lowest BCUT2D eigenvalue weighted by Gasteiger charge is -2.39. The van der Waals surface area contributed by atoms with E-state index in [9.17, 15) is 14.4 Å². The van der Waals surface area contributed by atoms with Gasteiger partial charge in [-0.25, -0.2) is 9.59 Å². The van der Waals surface area contributed by atoms with Crippen LogP contribution in [0, 0.1) is 0 Å². The van der Waals surface area contributed by atoms with Crippen molar-refractivity contribution in [2.75, 3.05) is 20.8 Å². The molecule has 12 nitrogen and oxygen atoms in total. The zero-order valence-electron chi connectivity index (χ0n) is 14.3. The number of hydrogen-bond acceptors (Lipinski definition) is 9. The molecule has 0 aromatic carbocycles. The molecule has 5 atom stereocenters. The maximum Gasteiger partial charge on any atom is 0.508 e. The molecule has 0 bridgehead atoms. The summed E-state index contributed by atoms with van der Waals surface area (Å²) in [6, 6.07) is -1.85. The lowest BCUT2D eigenvalue weighted by molar-refractivity contribution is -0.148. The molecule has 0 saturated carbocycles. The van der Waals surface area contributed by atoms with Crippen LogP contribution < -0.4 is 5.32 Å². The number of nitrogens with zero attached hydrogens (tertiary/aromatic N) is 3. The van der Waals surface area contributed by atoms with E-state index in [0.717, 1.165) is 7.11 Å². The second-order valence-electron chi connectivity index (χ2n) is 5.44. The molecule has 2 aliphatic heterocycles. The highest BCUT2D eigenvalue weighted by Crippen LogP contribution is 2.28. The summed E-state index contributed by atoms with van der Waals surface area (Å²) in [7, 11) is 2.49. The maximum atomic E-state index is 11.9. The number of hydrogen-bond donors (Lipinski definition) is 1. The van der Waals surface area contributed by atoms with Gasteiger partial charge in [0.1, 0.15) is 18.8 Å². The van der Waals surface area contributed by atoms with E-state index in [-0.39, 0.29) is 12.4 Å². The Bertz CT molecular complexity index is 659. The Morgan fingerprint density at radius 2 is 2.15 bits per heavy atom. The van der Waals surface area contributed by atoms with Crippen LogP contribution in [-0.4, -0.2) is 69.3 Å². The van der Waals surface area contributed by atoms with Gasteiger partial charge in [-0.05, 0) is 11.6 Å². The van der Waals surface area contributed by atoms with E-state index in [1.54, 1.807) is 0 Å². The van der Waals surface area contributed by atoms with Gasteiger partial charge < -0.3 is 29.0 Å². The minimum absolute atomic E-state index is 0.104. The van der Waals surface area contributed by atoms with Crippen LogP contribution >= 0.6 is 0 Å². The first-order valence-electron chi connectivity index (χ1n) is 7.55. The van der Waals surface area contributed by atoms with Gasteiger partial charge in [-0.3, -0.25) is 4.79 Å². The lowest BCUT2D eigenvalue weighted by atomic mass is 9.92. The minimum Gasteiger partial charge on any atom is -0.478 e. The van der Waals surface area contributed by atoms with Gasteiger partial charge in [-0.15, -0.1) is 0 Å². The van der Waals surface area contributed by atoms with Crippen molar-refractivity contribution in [1.29, 1.82) is 0 Å². The molecule has 1 fully saturated rings. The van der Waals surface area contributed by atoms with Gasteiger partial charge in [0.15, 0.2) is 6.10 Å². The number of carbonyl (C=O) groups excluding carboxylic acids is 3. The van der Waals surface area contributed by atoms with Gasteiger partial charge in [0.25, 0.3) is 0 Å². The number of carbonyl (C=O) groups is 3. The number of cyclic esters (lactones) is 2. The molecule has 2 aliphatic rings. The van der Waals surface area contributed by atoms with Gasteiger partial charge in [-0.1, -0.05) is 5.11 Å². The quantitative estimate of drug-likeness (QED) is 0.300. The number of nitrogens with one attached hydrogen (secondary N) is 1. The third-order valence-corrected chi connectivity index (χ3v) is 3.82. The molecule has 2 rings (SSSR count). The molecule has 0 radical (unpaired) electrons. The van der Waals surface area contributed by atoms with Gasteiger partial charge >= 0.3 is 12.1 Å². The number of ether oxygens (including phenoxy) is 5. The largest absolute Gasteiger partial charge is 0.508 e. The first-order chi connectivity index (χ1) is 12.4. The highest BCUT2D eigenvalue weighted by molar-refractivity contribution is 5.86. The Morgan fingerprint density at radius 1 is 1.42 bits per heavy atom. The summed E-state index contributed by atoms with van der Waals surface area (Å²) >= 11 is 0. The number of methoxy groups -OCH3 is 2. The fourth-order valence-electron chi connectivity index (χ4n) is 2.77. The third kappa shape index (κ3) is 4.16. The highest BCUT2D eigenvalue weighted by atomic mass is 16.8. The van der Waals surface area contributed by atoms with Crippen molar-refractivity contribution in [3.05, 3.63) is 22.3 Å². The van der Waals surface area contributed by atoms with Crippen LogP contribution in [0.2, 0.25) is 0 Å². The predicted molar refractivity (Wildman–Crippen MR) is 82.5 cm³/mol. The molecular formula is C14H18N4O8. The van der Waals surface area contributed by atoms with Crippen molar-refractivity contribution in [3.8, 4) is 0 Å². The Hall–Kier alpha value is -2.98. The number of rotatable bonds is 6. The summed E-state index contributed by atoms with van der Waals surface area (Å²) in [5.74, 6) is -1.45. The lowest BCUT2D eigenvalue weighted by Crippen LogP contribution is -2.59. The van der Waals surface area contributed by atoms with Crippen LogP contribution in [0.15, 0.2) is 16.9 Å². The van der Waals surface area contributed by atoms with Crippen LogP contribution in [0.5, 0.6) is 0 Å². The van der Waals surface area contributed by atoms with E-state index in [1.807, 2.05) is 0 Å². The molecule has 12 heteroatoms.